The second kappa shape index (κ2) is 6.20. The standard InChI is InChI=1S/C18H16N2OS/c1-20(12-13-6-3-2-4-7-13)18(21)15-10-9-14-8-5-11-19-16(14)17(15)22/h2-11,22H,12H2,1H3. The van der Waals surface area contributed by atoms with Crippen LogP contribution < -0.4 is 0 Å². The highest BCUT2D eigenvalue weighted by Gasteiger charge is 2.16. The Hall–Kier alpha value is -2.33. The molecule has 4 heteroatoms. The maximum Gasteiger partial charge on any atom is 0.255 e. The quantitative estimate of drug-likeness (QED) is 0.747. The summed E-state index contributed by atoms with van der Waals surface area (Å²) in [7, 11) is 1.80. The summed E-state index contributed by atoms with van der Waals surface area (Å²) >= 11 is 4.51. The van der Waals surface area contributed by atoms with Gasteiger partial charge in [-0.3, -0.25) is 9.78 Å². The third-order valence-corrected chi connectivity index (χ3v) is 4.04. The summed E-state index contributed by atoms with van der Waals surface area (Å²) in [6, 6.07) is 17.5. The lowest BCUT2D eigenvalue weighted by atomic mass is 10.1. The van der Waals surface area contributed by atoms with Crippen LogP contribution >= 0.6 is 12.6 Å². The van der Waals surface area contributed by atoms with E-state index >= 15 is 0 Å². The van der Waals surface area contributed by atoms with Crippen LogP contribution in [0.1, 0.15) is 15.9 Å². The molecule has 0 aliphatic carbocycles. The minimum Gasteiger partial charge on any atom is -0.337 e. The van der Waals surface area contributed by atoms with Crippen LogP contribution in [0.15, 0.2) is 65.7 Å². The van der Waals surface area contributed by atoms with E-state index in [2.05, 4.69) is 17.6 Å². The largest absolute Gasteiger partial charge is 0.337 e. The summed E-state index contributed by atoms with van der Waals surface area (Å²) in [5.41, 5.74) is 2.43. The molecule has 0 unspecified atom stereocenters. The van der Waals surface area contributed by atoms with E-state index in [0.717, 1.165) is 16.5 Å². The molecule has 3 nitrogen and oxygen atoms in total. The van der Waals surface area contributed by atoms with E-state index < -0.39 is 0 Å². The third kappa shape index (κ3) is 2.83. The van der Waals surface area contributed by atoms with Gasteiger partial charge >= 0.3 is 0 Å². The molecule has 1 amide bonds. The second-order valence-corrected chi connectivity index (χ2v) is 5.63. The number of pyridine rings is 1. The molecule has 0 bridgehead atoms. The number of rotatable bonds is 3. The molecule has 1 heterocycles. The number of aromatic nitrogens is 1. The monoisotopic (exact) mass is 308 g/mol. The number of hydrogen-bond donors (Lipinski definition) is 1. The van der Waals surface area contributed by atoms with Gasteiger partial charge in [-0.25, -0.2) is 0 Å². The van der Waals surface area contributed by atoms with E-state index in [1.54, 1.807) is 18.1 Å². The van der Waals surface area contributed by atoms with Gasteiger partial charge in [-0.15, -0.1) is 12.6 Å². The Labute approximate surface area is 135 Å². The lowest BCUT2D eigenvalue weighted by molar-refractivity contribution is 0.0782. The molecule has 22 heavy (non-hydrogen) atoms. The van der Waals surface area contributed by atoms with Crippen molar-refractivity contribution >= 4 is 29.4 Å². The Balaban J connectivity index is 1.90. The molecular formula is C18H16N2OS. The van der Waals surface area contributed by atoms with E-state index in [0.29, 0.717) is 17.0 Å². The summed E-state index contributed by atoms with van der Waals surface area (Å²) in [6.45, 7) is 0.563. The highest BCUT2D eigenvalue weighted by molar-refractivity contribution is 7.80. The van der Waals surface area contributed by atoms with Crippen LogP contribution in [0.5, 0.6) is 0 Å². The Bertz CT molecular complexity index is 818. The number of hydrogen-bond acceptors (Lipinski definition) is 3. The molecule has 0 saturated heterocycles. The fourth-order valence-corrected chi connectivity index (χ4v) is 2.79. The topological polar surface area (TPSA) is 33.2 Å². The Morgan fingerprint density at radius 3 is 2.64 bits per heavy atom. The number of benzene rings is 2. The first-order valence-corrected chi connectivity index (χ1v) is 7.47. The summed E-state index contributed by atoms with van der Waals surface area (Å²) in [4.78, 5) is 19.3. The fraction of sp³-hybridized carbons (Fsp3) is 0.111. The Morgan fingerprint density at radius 2 is 1.86 bits per heavy atom. The zero-order valence-electron chi connectivity index (χ0n) is 12.2. The average Bonchev–Trinajstić information content (AvgIpc) is 2.56. The van der Waals surface area contributed by atoms with Crippen LogP contribution in [0, 0.1) is 0 Å². The Morgan fingerprint density at radius 1 is 1.09 bits per heavy atom. The maximum absolute atomic E-state index is 12.7. The van der Waals surface area contributed by atoms with Crippen LogP contribution in [0.25, 0.3) is 10.9 Å². The van der Waals surface area contributed by atoms with Gasteiger partial charge < -0.3 is 4.90 Å². The minimum absolute atomic E-state index is 0.0543. The molecule has 3 aromatic rings. The van der Waals surface area contributed by atoms with Crippen molar-refractivity contribution in [2.24, 2.45) is 0 Å². The lowest BCUT2D eigenvalue weighted by Crippen LogP contribution is -2.26. The maximum atomic E-state index is 12.7. The molecule has 3 rings (SSSR count). The zero-order valence-corrected chi connectivity index (χ0v) is 13.1. The lowest BCUT2D eigenvalue weighted by Gasteiger charge is -2.18. The first kappa shape index (κ1) is 14.6. The SMILES string of the molecule is CN(Cc1ccccc1)C(=O)c1ccc2cccnc2c1S. The predicted octanol–water partition coefficient (Wildman–Crippen LogP) is 3.80. The fourth-order valence-electron chi connectivity index (χ4n) is 2.44. The van der Waals surface area contributed by atoms with Crippen molar-refractivity contribution < 1.29 is 4.79 Å². The van der Waals surface area contributed by atoms with Crippen LogP contribution in [-0.4, -0.2) is 22.8 Å². The van der Waals surface area contributed by atoms with Gasteiger partial charge in [-0.05, 0) is 17.7 Å². The van der Waals surface area contributed by atoms with Crippen molar-refractivity contribution in [3.63, 3.8) is 0 Å². The van der Waals surface area contributed by atoms with E-state index in [4.69, 9.17) is 0 Å². The molecule has 0 aliphatic rings. The molecule has 0 radical (unpaired) electrons. The van der Waals surface area contributed by atoms with E-state index in [1.807, 2.05) is 54.6 Å². The van der Waals surface area contributed by atoms with E-state index in [9.17, 15) is 4.79 Å². The van der Waals surface area contributed by atoms with Crippen molar-refractivity contribution in [2.45, 2.75) is 11.4 Å². The van der Waals surface area contributed by atoms with Gasteiger partial charge in [0.05, 0.1) is 11.1 Å². The normalized spacial score (nSPS) is 10.6. The molecule has 110 valence electrons. The number of carbonyl (C=O) groups is 1. The molecule has 0 atom stereocenters. The van der Waals surface area contributed by atoms with Gasteiger partial charge in [-0.1, -0.05) is 42.5 Å². The summed E-state index contributed by atoms with van der Waals surface area (Å²) in [6.07, 6.45) is 1.71. The van der Waals surface area contributed by atoms with Gasteiger partial charge in [-0.2, -0.15) is 0 Å². The summed E-state index contributed by atoms with van der Waals surface area (Å²) in [5.74, 6) is -0.0543. The number of nitrogens with zero attached hydrogens (tertiary/aromatic N) is 2. The molecule has 0 saturated carbocycles. The van der Waals surface area contributed by atoms with Crippen LogP contribution in [0.4, 0.5) is 0 Å². The highest BCUT2D eigenvalue weighted by Crippen LogP contribution is 2.25. The summed E-state index contributed by atoms with van der Waals surface area (Å²) < 4.78 is 0. The number of thiol groups is 1. The molecular weight excluding hydrogens is 292 g/mol. The van der Waals surface area contributed by atoms with Crippen LogP contribution in [-0.2, 0) is 6.54 Å². The van der Waals surface area contributed by atoms with Gasteiger partial charge in [0.25, 0.3) is 5.91 Å². The Kier molecular flexibility index (Phi) is 4.11. The van der Waals surface area contributed by atoms with E-state index in [-0.39, 0.29) is 5.91 Å². The molecule has 0 spiro atoms. The van der Waals surface area contributed by atoms with Crippen molar-refractivity contribution in [2.75, 3.05) is 7.05 Å². The van der Waals surface area contributed by atoms with Crippen LogP contribution in [0.3, 0.4) is 0 Å². The first-order valence-electron chi connectivity index (χ1n) is 7.03. The first-order chi connectivity index (χ1) is 10.7. The molecule has 0 fully saturated rings. The molecule has 2 aromatic carbocycles. The van der Waals surface area contributed by atoms with Gasteiger partial charge in [0.15, 0.2) is 0 Å². The average molecular weight is 308 g/mol. The molecule has 1 aromatic heterocycles. The molecule has 0 aliphatic heterocycles. The number of amides is 1. The predicted molar refractivity (Wildman–Crippen MR) is 91.2 cm³/mol. The third-order valence-electron chi connectivity index (χ3n) is 3.59. The second-order valence-electron chi connectivity index (χ2n) is 5.18. The number of fused-ring (bicyclic) bond motifs is 1. The van der Waals surface area contributed by atoms with Gasteiger partial charge in [0, 0.05) is 30.1 Å². The van der Waals surface area contributed by atoms with Crippen molar-refractivity contribution in [1.82, 2.24) is 9.88 Å². The number of carbonyl (C=O) groups excluding carboxylic acids is 1. The van der Waals surface area contributed by atoms with Gasteiger partial charge in [0.2, 0.25) is 0 Å². The van der Waals surface area contributed by atoms with E-state index in [1.165, 1.54) is 0 Å². The van der Waals surface area contributed by atoms with Crippen LogP contribution in [0.2, 0.25) is 0 Å². The summed E-state index contributed by atoms with van der Waals surface area (Å²) in [5, 5.41) is 0.981. The zero-order chi connectivity index (χ0) is 15.5. The minimum atomic E-state index is -0.0543. The van der Waals surface area contributed by atoms with Crippen molar-refractivity contribution in [1.29, 1.82) is 0 Å². The smallest absolute Gasteiger partial charge is 0.255 e. The van der Waals surface area contributed by atoms with Gasteiger partial charge in [0.1, 0.15) is 0 Å². The van der Waals surface area contributed by atoms with Crippen molar-refractivity contribution in [3.05, 3.63) is 71.9 Å². The van der Waals surface area contributed by atoms with Crippen molar-refractivity contribution in [3.8, 4) is 0 Å². The highest BCUT2D eigenvalue weighted by atomic mass is 32.1. The molecule has 0 N–H and O–H groups in total.